The molecule has 0 aliphatic rings. The van der Waals surface area contributed by atoms with Crippen molar-refractivity contribution in [2.75, 3.05) is 10.6 Å². The first-order valence-corrected chi connectivity index (χ1v) is 8.81. The number of benzene rings is 1. The van der Waals surface area contributed by atoms with Crippen molar-refractivity contribution in [1.29, 1.82) is 0 Å². The monoisotopic (exact) mass is 351 g/mol. The quantitative estimate of drug-likeness (QED) is 0.678. The van der Waals surface area contributed by atoms with E-state index in [-0.39, 0.29) is 0 Å². The number of hydrogen-bond donors (Lipinski definition) is 2. The molecule has 2 N–H and O–H groups in total. The van der Waals surface area contributed by atoms with Gasteiger partial charge < -0.3 is 10.6 Å². The van der Waals surface area contributed by atoms with Crippen LogP contribution in [0.5, 0.6) is 0 Å². The van der Waals surface area contributed by atoms with Gasteiger partial charge in [-0.05, 0) is 38.8 Å². The highest BCUT2D eigenvalue weighted by atomic mass is 32.1. The van der Waals surface area contributed by atoms with Gasteiger partial charge in [0.05, 0.1) is 10.6 Å². The molecule has 0 saturated carbocycles. The topological polar surface area (TPSA) is 62.7 Å². The Kier molecular flexibility index (Phi) is 4.81. The van der Waals surface area contributed by atoms with Crippen molar-refractivity contribution in [2.24, 2.45) is 0 Å². The lowest BCUT2D eigenvalue weighted by Gasteiger charge is -2.13. The van der Waals surface area contributed by atoms with Gasteiger partial charge in [0.2, 0.25) is 0 Å². The molecule has 5 nitrogen and oxygen atoms in total. The molecular formula is C19H21N5S. The molecule has 6 heteroatoms. The number of anilines is 3. The number of rotatable bonds is 5. The highest BCUT2D eigenvalue weighted by Crippen LogP contribution is 2.29. The molecule has 0 aliphatic carbocycles. The van der Waals surface area contributed by atoms with Crippen LogP contribution in [0.4, 0.5) is 16.6 Å². The van der Waals surface area contributed by atoms with E-state index in [0.717, 1.165) is 38.7 Å². The molecule has 2 heterocycles. The molecule has 0 fully saturated rings. The summed E-state index contributed by atoms with van der Waals surface area (Å²) >= 11 is 1.53. The minimum Gasteiger partial charge on any atom is -0.354 e. The van der Waals surface area contributed by atoms with Crippen molar-refractivity contribution < 1.29 is 0 Å². The van der Waals surface area contributed by atoms with E-state index >= 15 is 0 Å². The molecule has 0 amide bonds. The standard InChI is InChI=1S/C19H21N5S/c1-11-7-6-8-12(2)18(11)22-14(4)16-10-20-19(25-16)24-17-9-13(3)21-15(5)23-17/h6-10,22H,4H2,1-3,5H3,(H,20,21,23,24). The van der Waals surface area contributed by atoms with Gasteiger partial charge in [0.15, 0.2) is 5.13 Å². The van der Waals surface area contributed by atoms with Gasteiger partial charge in [-0.25, -0.2) is 15.0 Å². The average molecular weight is 351 g/mol. The Balaban J connectivity index is 1.75. The zero-order valence-corrected chi connectivity index (χ0v) is 15.7. The number of hydrogen-bond acceptors (Lipinski definition) is 6. The van der Waals surface area contributed by atoms with Crippen molar-refractivity contribution >= 4 is 33.7 Å². The molecule has 128 valence electrons. The van der Waals surface area contributed by atoms with Gasteiger partial charge in [-0.15, -0.1) is 0 Å². The summed E-state index contributed by atoms with van der Waals surface area (Å²) in [7, 11) is 0. The third-order valence-corrected chi connectivity index (χ3v) is 4.73. The third-order valence-electron chi connectivity index (χ3n) is 3.76. The van der Waals surface area contributed by atoms with Gasteiger partial charge in [0.1, 0.15) is 11.6 Å². The lowest BCUT2D eigenvalue weighted by Crippen LogP contribution is -1.99. The van der Waals surface area contributed by atoms with Crippen LogP contribution < -0.4 is 10.6 Å². The predicted molar refractivity (Wildman–Crippen MR) is 105 cm³/mol. The summed E-state index contributed by atoms with van der Waals surface area (Å²) in [5, 5.41) is 7.42. The molecule has 0 unspecified atom stereocenters. The predicted octanol–water partition coefficient (Wildman–Crippen LogP) is 4.99. The fourth-order valence-electron chi connectivity index (χ4n) is 2.59. The molecule has 0 atom stereocenters. The molecule has 25 heavy (non-hydrogen) atoms. The lowest BCUT2D eigenvalue weighted by molar-refractivity contribution is 1.01. The van der Waals surface area contributed by atoms with E-state index < -0.39 is 0 Å². The van der Waals surface area contributed by atoms with Crippen molar-refractivity contribution in [3.05, 3.63) is 64.6 Å². The molecule has 3 aromatic rings. The van der Waals surface area contributed by atoms with E-state index in [0.29, 0.717) is 0 Å². The Hall–Kier alpha value is -2.73. The summed E-state index contributed by atoms with van der Waals surface area (Å²) in [6.07, 6.45) is 1.82. The van der Waals surface area contributed by atoms with Crippen molar-refractivity contribution in [1.82, 2.24) is 15.0 Å². The molecular weight excluding hydrogens is 330 g/mol. The van der Waals surface area contributed by atoms with Crippen LogP contribution in [0.25, 0.3) is 5.70 Å². The Morgan fingerprint density at radius 2 is 1.80 bits per heavy atom. The van der Waals surface area contributed by atoms with Gasteiger partial charge in [-0.3, -0.25) is 0 Å². The molecule has 0 spiro atoms. The first-order valence-electron chi connectivity index (χ1n) is 8.00. The second-order valence-electron chi connectivity index (χ2n) is 5.97. The Morgan fingerprint density at radius 3 is 2.48 bits per heavy atom. The fourth-order valence-corrected chi connectivity index (χ4v) is 3.34. The van der Waals surface area contributed by atoms with E-state index in [1.807, 2.05) is 26.1 Å². The lowest BCUT2D eigenvalue weighted by atomic mass is 10.1. The largest absolute Gasteiger partial charge is 0.354 e. The average Bonchev–Trinajstić information content (AvgIpc) is 2.98. The van der Waals surface area contributed by atoms with E-state index in [1.165, 1.54) is 22.5 Å². The summed E-state index contributed by atoms with van der Waals surface area (Å²) in [5.74, 6) is 1.49. The second-order valence-corrected chi connectivity index (χ2v) is 7.00. The summed E-state index contributed by atoms with van der Waals surface area (Å²) in [4.78, 5) is 14.1. The Morgan fingerprint density at radius 1 is 1.08 bits per heavy atom. The molecule has 0 saturated heterocycles. The van der Waals surface area contributed by atoms with Gasteiger partial charge in [-0.1, -0.05) is 36.1 Å². The van der Waals surface area contributed by atoms with Crippen LogP contribution >= 0.6 is 11.3 Å². The van der Waals surface area contributed by atoms with E-state index in [1.54, 1.807) is 0 Å². The molecule has 0 radical (unpaired) electrons. The smallest absolute Gasteiger partial charge is 0.188 e. The first kappa shape index (κ1) is 17.1. The third kappa shape index (κ3) is 4.03. The first-order chi connectivity index (χ1) is 11.9. The van der Waals surface area contributed by atoms with Crippen molar-refractivity contribution in [3.8, 4) is 0 Å². The maximum Gasteiger partial charge on any atom is 0.188 e. The summed E-state index contributed by atoms with van der Waals surface area (Å²) < 4.78 is 0. The van der Waals surface area contributed by atoms with Gasteiger partial charge in [0.25, 0.3) is 0 Å². The Labute approximate surface area is 151 Å². The van der Waals surface area contributed by atoms with Crippen LogP contribution in [0, 0.1) is 27.7 Å². The maximum atomic E-state index is 4.42. The number of aromatic nitrogens is 3. The SMILES string of the molecule is C=C(Nc1c(C)cccc1C)c1cnc(Nc2cc(C)nc(C)n2)s1. The van der Waals surface area contributed by atoms with Crippen LogP contribution in [0.1, 0.15) is 27.5 Å². The molecule has 0 bridgehead atoms. The highest BCUT2D eigenvalue weighted by Gasteiger charge is 2.09. The van der Waals surface area contributed by atoms with E-state index in [4.69, 9.17) is 0 Å². The maximum absolute atomic E-state index is 4.42. The highest BCUT2D eigenvalue weighted by molar-refractivity contribution is 7.16. The zero-order valence-electron chi connectivity index (χ0n) is 14.8. The van der Waals surface area contributed by atoms with Crippen LogP contribution in [0.15, 0.2) is 37.0 Å². The summed E-state index contributed by atoms with van der Waals surface area (Å²) in [6.45, 7) is 12.2. The van der Waals surface area contributed by atoms with Gasteiger partial charge >= 0.3 is 0 Å². The number of nitrogens with one attached hydrogen (secondary N) is 2. The number of thiazole rings is 1. The zero-order chi connectivity index (χ0) is 18.0. The number of nitrogens with zero attached hydrogens (tertiary/aromatic N) is 3. The minimum absolute atomic E-state index is 0.736. The molecule has 1 aromatic carbocycles. The van der Waals surface area contributed by atoms with E-state index in [9.17, 15) is 0 Å². The number of aryl methyl sites for hydroxylation is 4. The van der Waals surface area contributed by atoms with E-state index in [2.05, 4.69) is 64.2 Å². The van der Waals surface area contributed by atoms with Crippen LogP contribution in [-0.4, -0.2) is 15.0 Å². The Bertz CT molecular complexity index is 889. The van der Waals surface area contributed by atoms with Crippen LogP contribution in [0.3, 0.4) is 0 Å². The molecule has 2 aromatic heterocycles. The normalized spacial score (nSPS) is 10.6. The van der Waals surface area contributed by atoms with Crippen molar-refractivity contribution in [3.63, 3.8) is 0 Å². The summed E-state index contributed by atoms with van der Waals surface area (Å²) in [6, 6.07) is 8.13. The molecule has 3 rings (SSSR count). The van der Waals surface area contributed by atoms with Crippen molar-refractivity contribution in [2.45, 2.75) is 27.7 Å². The summed E-state index contributed by atoms with van der Waals surface area (Å²) in [5.41, 5.74) is 5.23. The number of para-hydroxylation sites is 1. The fraction of sp³-hybridized carbons (Fsp3) is 0.211. The van der Waals surface area contributed by atoms with Gasteiger partial charge in [0, 0.05) is 23.6 Å². The second kappa shape index (κ2) is 7.03. The van der Waals surface area contributed by atoms with Crippen LogP contribution in [-0.2, 0) is 0 Å². The van der Waals surface area contributed by atoms with Crippen LogP contribution in [0.2, 0.25) is 0 Å². The molecule has 0 aliphatic heterocycles. The van der Waals surface area contributed by atoms with Gasteiger partial charge in [-0.2, -0.15) is 0 Å². The minimum atomic E-state index is 0.736.